The second-order valence-corrected chi connectivity index (χ2v) is 4.12. The minimum atomic E-state index is 0.484. The maximum atomic E-state index is 8.60. The number of nitrogens with zero attached hydrogens (tertiary/aromatic N) is 3. The third kappa shape index (κ3) is 3.59. The zero-order valence-electron chi connectivity index (χ0n) is 11.3. The molecule has 2 N–H and O–H groups in total. The van der Waals surface area contributed by atoms with Gasteiger partial charge in [0.05, 0.1) is 7.11 Å². The molecule has 0 aliphatic carbocycles. The second kappa shape index (κ2) is 6.38. The highest BCUT2D eigenvalue weighted by Gasteiger charge is 2.01. The number of anilines is 2. The molecule has 2 rings (SSSR count). The van der Waals surface area contributed by atoms with Gasteiger partial charge in [0, 0.05) is 12.6 Å². The van der Waals surface area contributed by atoms with Crippen molar-refractivity contribution in [1.29, 1.82) is 5.26 Å². The van der Waals surface area contributed by atoms with Crippen molar-refractivity contribution in [1.82, 2.24) is 9.97 Å². The van der Waals surface area contributed by atoms with E-state index in [0.29, 0.717) is 24.0 Å². The quantitative estimate of drug-likeness (QED) is 0.640. The average Bonchev–Trinajstić information content (AvgIpc) is 2.45. The van der Waals surface area contributed by atoms with Crippen LogP contribution in [0.5, 0.6) is 5.75 Å². The molecule has 0 aliphatic heterocycles. The number of hydrogen-bond donors (Lipinski definition) is 2. The molecule has 0 aliphatic rings. The predicted octanol–water partition coefficient (Wildman–Crippen LogP) is 2.30. The minimum Gasteiger partial charge on any atom is -0.497 e. The number of methoxy groups -OCH3 is 1. The Kier molecular flexibility index (Phi) is 4.35. The van der Waals surface area contributed by atoms with Gasteiger partial charge in [-0.15, -0.1) is 0 Å². The van der Waals surface area contributed by atoms with E-state index in [1.165, 1.54) is 0 Å². The number of aromatic nitrogens is 2. The number of aryl methyl sites for hydroxylation is 1. The van der Waals surface area contributed by atoms with Crippen LogP contribution in [-0.4, -0.2) is 17.1 Å². The van der Waals surface area contributed by atoms with E-state index in [1.807, 2.05) is 30.5 Å². The summed E-state index contributed by atoms with van der Waals surface area (Å²) in [7, 11) is 1.64. The topological polar surface area (TPSA) is 82.9 Å². The summed E-state index contributed by atoms with van der Waals surface area (Å²) < 4.78 is 5.11. The van der Waals surface area contributed by atoms with Gasteiger partial charge in [0.2, 0.25) is 0 Å². The Morgan fingerprint density at radius 1 is 1.20 bits per heavy atom. The Balaban J connectivity index is 2.04. The molecular formula is C14H15N5O. The van der Waals surface area contributed by atoms with Crippen LogP contribution in [0.4, 0.5) is 11.6 Å². The zero-order chi connectivity index (χ0) is 14.4. The minimum absolute atomic E-state index is 0.484. The molecule has 1 heterocycles. The van der Waals surface area contributed by atoms with E-state index in [2.05, 4.69) is 20.6 Å². The lowest BCUT2D eigenvalue weighted by Crippen LogP contribution is -2.04. The van der Waals surface area contributed by atoms with Crippen molar-refractivity contribution in [2.75, 3.05) is 17.7 Å². The third-order valence-corrected chi connectivity index (χ3v) is 2.65. The van der Waals surface area contributed by atoms with E-state index >= 15 is 0 Å². The van der Waals surface area contributed by atoms with Gasteiger partial charge in [-0.2, -0.15) is 5.26 Å². The third-order valence-electron chi connectivity index (χ3n) is 2.65. The highest BCUT2D eigenvalue weighted by atomic mass is 16.5. The molecular weight excluding hydrogens is 254 g/mol. The normalized spacial score (nSPS) is 9.65. The Bertz CT molecular complexity index is 618. The van der Waals surface area contributed by atoms with Crippen molar-refractivity contribution in [3.63, 3.8) is 0 Å². The van der Waals surface area contributed by atoms with Crippen LogP contribution in [-0.2, 0) is 6.54 Å². The maximum Gasteiger partial charge on any atom is 0.182 e. The molecule has 0 bridgehead atoms. The summed E-state index contributed by atoms with van der Waals surface area (Å²) in [6.07, 6.45) is 1.84. The lowest BCUT2D eigenvalue weighted by atomic mass is 10.2. The van der Waals surface area contributed by atoms with Crippen molar-refractivity contribution in [3.8, 4) is 11.9 Å². The molecule has 6 nitrogen and oxygen atoms in total. The maximum absolute atomic E-state index is 8.60. The number of hydrogen-bond acceptors (Lipinski definition) is 6. The molecule has 102 valence electrons. The first kappa shape index (κ1) is 13.6. The van der Waals surface area contributed by atoms with Crippen molar-refractivity contribution < 1.29 is 4.74 Å². The first-order valence-electron chi connectivity index (χ1n) is 6.09. The Hall–Kier alpha value is -2.81. The molecule has 2 aromatic rings. The molecule has 0 unspecified atom stereocenters. The summed E-state index contributed by atoms with van der Waals surface area (Å²) in [4.78, 5) is 8.37. The van der Waals surface area contributed by atoms with Gasteiger partial charge in [-0.05, 0) is 24.6 Å². The van der Waals surface area contributed by atoms with Crippen LogP contribution in [0.15, 0.2) is 30.3 Å². The smallest absolute Gasteiger partial charge is 0.182 e. The van der Waals surface area contributed by atoms with Gasteiger partial charge in [0.1, 0.15) is 23.2 Å². The van der Waals surface area contributed by atoms with Crippen molar-refractivity contribution in [2.24, 2.45) is 0 Å². The Morgan fingerprint density at radius 2 is 1.90 bits per heavy atom. The van der Waals surface area contributed by atoms with Gasteiger partial charge < -0.3 is 10.1 Å². The fraction of sp³-hybridized carbons (Fsp3) is 0.214. The van der Waals surface area contributed by atoms with Gasteiger partial charge in [0.15, 0.2) is 6.19 Å². The van der Waals surface area contributed by atoms with E-state index < -0.39 is 0 Å². The van der Waals surface area contributed by atoms with Gasteiger partial charge in [-0.3, -0.25) is 5.32 Å². The van der Waals surface area contributed by atoms with Crippen molar-refractivity contribution in [3.05, 3.63) is 41.7 Å². The molecule has 1 aromatic carbocycles. The SMILES string of the molecule is COc1ccc(CNc2cc(NC#N)nc(C)n2)cc1. The summed E-state index contributed by atoms with van der Waals surface area (Å²) in [5.41, 5.74) is 1.11. The fourth-order valence-corrected chi connectivity index (χ4v) is 1.72. The molecule has 0 atom stereocenters. The zero-order valence-corrected chi connectivity index (χ0v) is 11.3. The number of ether oxygens (including phenoxy) is 1. The van der Waals surface area contributed by atoms with Gasteiger partial charge >= 0.3 is 0 Å². The molecule has 0 spiro atoms. The molecule has 1 aromatic heterocycles. The predicted molar refractivity (Wildman–Crippen MR) is 76.3 cm³/mol. The van der Waals surface area contributed by atoms with Crippen molar-refractivity contribution >= 4 is 11.6 Å². The fourth-order valence-electron chi connectivity index (χ4n) is 1.72. The molecule has 0 radical (unpaired) electrons. The Labute approximate surface area is 117 Å². The molecule has 0 saturated carbocycles. The standard InChI is InChI=1S/C14H15N5O/c1-10-18-13(7-14(19-10)17-9-15)16-8-11-3-5-12(20-2)6-4-11/h3-7H,8H2,1-2H3,(H2,16,17,18,19). The summed E-state index contributed by atoms with van der Waals surface area (Å²) in [5.74, 6) is 2.58. The lowest BCUT2D eigenvalue weighted by Gasteiger charge is -2.08. The van der Waals surface area contributed by atoms with E-state index in [1.54, 1.807) is 20.1 Å². The van der Waals surface area contributed by atoms with E-state index in [-0.39, 0.29) is 0 Å². The highest BCUT2D eigenvalue weighted by Crippen LogP contribution is 2.14. The monoisotopic (exact) mass is 269 g/mol. The first-order valence-corrected chi connectivity index (χ1v) is 6.09. The number of nitrogens with one attached hydrogen (secondary N) is 2. The summed E-state index contributed by atoms with van der Waals surface area (Å²) in [5, 5.41) is 14.3. The van der Waals surface area contributed by atoms with Crippen molar-refractivity contribution in [2.45, 2.75) is 13.5 Å². The molecule has 0 saturated heterocycles. The second-order valence-electron chi connectivity index (χ2n) is 4.12. The first-order chi connectivity index (χ1) is 9.71. The molecule has 0 amide bonds. The van der Waals surface area contributed by atoms with E-state index in [9.17, 15) is 0 Å². The van der Waals surface area contributed by atoms with E-state index in [4.69, 9.17) is 10.00 Å². The van der Waals surface area contributed by atoms with Crippen LogP contribution in [0.3, 0.4) is 0 Å². The number of rotatable bonds is 5. The molecule has 6 heteroatoms. The van der Waals surface area contributed by atoms with Crippen LogP contribution in [0.2, 0.25) is 0 Å². The summed E-state index contributed by atoms with van der Waals surface area (Å²) >= 11 is 0. The summed E-state index contributed by atoms with van der Waals surface area (Å²) in [6.45, 7) is 2.41. The number of nitriles is 1. The van der Waals surface area contributed by atoms with Gasteiger partial charge in [-0.25, -0.2) is 9.97 Å². The van der Waals surface area contributed by atoms with Crippen LogP contribution in [0, 0.1) is 18.4 Å². The van der Waals surface area contributed by atoms with E-state index in [0.717, 1.165) is 11.3 Å². The Morgan fingerprint density at radius 3 is 2.55 bits per heavy atom. The van der Waals surface area contributed by atoms with Crippen LogP contribution < -0.4 is 15.4 Å². The van der Waals surface area contributed by atoms with Crippen LogP contribution in [0.1, 0.15) is 11.4 Å². The number of benzene rings is 1. The molecule has 20 heavy (non-hydrogen) atoms. The lowest BCUT2D eigenvalue weighted by molar-refractivity contribution is 0.414. The average molecular weight is 269 g/mol. The largest absolute Gasteiger partial charge is 0.497 e. The van der Waals surface area contributed by atoms with Gasteiger partial charge in [-0.1, -0.05) is 12.1 Å². The van der Waals surface area contributed by atoms with Gasteiger partial charge in [0.25, 0.3) is 0 Å². The summed E-state index contributed by atoms with van der Waals surface area (Å²) in [6, 6.07) is 9.47. The van der Waals surface area contributed by atoms with Crippen LogP contribution in [0.25, 0.3) is 0 Å². The van der Waals surface area contributed by atoms with Crippen LogP contribution >= 0.6 is 0 Å². The highest BCUT2D eigenvalue weighted by molar-refractivity contribution is 5.49. The molecule has 0 fully saturated rings.